The van der Waals surface area contributed by atoms with Crippen LogP contribution in [0.1, 0.15) is 35.2 Å². The summed E-state index contributed by atoms with van der Waals surface area (Å²) in [5.74, 6) is 0.163. The molecule has 1 amide bonds. The van der Waals surface area contributed by atoms with Gasteiger partial charge in [-0.1, -0.05) is 12.2 Å². The van der Waals surface area contributed by atoms with Crippen molar-refractivity contribution in [2.75, 3.05) is 0 Å². The third-order valence-corrected chi connectivity index (χ3v) is 3.06. The summed E-state index contributed by atoms with van der Waals surface area (Å²) in [6.45, 7) is 1.79. The minimum Gasteiger partial charge on any atom is -0.508 e. The minimum absolute atomic E-state index is 0.0617. The van der Waals surface area contributed by atoms with E-state index < -0.39 is 0 Å². The normalized spacial score (nSPS) is 19.0. The Kier molecular flexibility index (Phi) is 3.47. The Hall–Kier alpha value is -1.77. The molecule has 3 heteroatoms. The van der Waals surface area contributed by atoms with Gasteiger partial charge in [0.15, 0.2) is 0 Å². The highest BCUT2D eigenvalue weighted by Crippen LogP contribution is 2.17. The van der Waals surface area contributed by atoms with E-state index in [0.717, 1.165) is 24.8 Å². The first-order chi connectivity index (χ1) is 8.16. The fourth-order valence-electron chi connectivity index (χ4n) is 1.99. The van der Waals surface area contributed by atoms with Crippen LogP contribution in [0.3, 0.4) is 0 Å². The van der Waals surface area contributed by atoms with Gasteiger partial charge in [-0.25, -0.2) is 0 Å². The summed E-state index contributed by atoms with van der Waals surface area (Å²) in [7, 11) is 0. The second-order valence-electron chi connectivity index (χ2n) is 4.46. The summed E-state index contributed by atoms with van der Waals surface area (Å²) < 4.78 is 0. The number of carbonyl (C=O) groups excluding carboxylic acids is 1. The van der Waals surface area contributed by atoms with E-state index in [9.17, 15) is 9.90 Å². The van der Waals surface area contributed by atoms with Gasteiger partial charge in [-0.2, -0.15) is 0 Å². The standard InChI is InChI=1S/C14H17NO2/c1-10-9-11(7-8-13(10)16)14(17)15-12-5-3-2-4-6-12/h2-3,7-9,12,16H,4-6H2,1H3,(H,15,17). The number of amides is 1. The second-order valence-corrected chi connectivity index (χ2v) is 4.46. The number of phenolic OH excluding ortho intramolecular Hbond substituents is 1. The fraction of sp³-hybridized carbons (Fsp3) is 0.357. The monoisotopic (exact) mass is 231 g/mol. The third-order valence-electron chi connectivity index (χ3n) is 3.06. The number of benzene rings is 1. The summed E-state index contributed by atoms with van der Waals surface area (Å²) in [6, 6.07) is 5.16. The Morgan fingerprint density at radius 2 is 2.24 bits per heavy atom. The predicted molar refractivity (Wildman–Crippen MR) is 67.1 cm³/mol. The molecule has 1 unspecified atom stereocenters. The number of carbonyl (C=O) groups is 1. The molecule has 1 atom stereocenters. The van der Waals surface area contributed by atoms with Crippen LogP contribution in [0.2, 0.25) is 0 Å². The van der Waals surface area contributed by atoms with E-state index in [2.05, 4.69) is 17.5 Å². The minimum atomic E-state index is -0.0617. The van der Waals surface area contributed by atoms with Crippen LogP contribution < -0.4 is 5.32 Å². The summed E-state index contributed by atoms with van der Waals surface area (Å²) in [5, 5.41) is 12.4. The number of aromatic hydroxyl groups is 1. The van der Waals surface area contributed by atoms with E-state index in [1.807, 2.05) is 0 Å². The SMILES string of the molecule is Cc1cc(C(=O)NC2CC=CCC2)ccc1O. The van der Waals surface area contributed by atoms with Crippen molar-refractivity contribution >= 4 is 5.91 Å². The molecule has 1 aliphatic rings. The van der Waals surface area contributed by atoms with E-state index in [-0.39, 0.29) is 17.7 Å². The molecule has 0 saturated carbocycles. The number of phenols is 1. The smallest absolute Gasteiger partial charge is 0.251 e. The lowest BCUT2D eigenvalue weighted by molar-refractivity contribution is 0.0934. The average molecular weight is 231 g/mol. The molecule has 17 heavy (non-hydrogen) atoms. The van der Waals surface area contributed by atoms with E-state index in [4.69, 9.17) is 0 Å². The molecule has 0 aromatic heterocycles. The van der Waals surface area contributed by atoms with Crippen molar-refractivity contribution < 1.29 is 9.90 Å². The van der Waals surface area contributed by atoms with Crippen LogP contribution in [0.25, 0.3) is 0 Å². The first-order valence-electron chi connectivity index (χ1n) is 5.92. The lowest BCUT2D eigenvalue weighted by Crippen LogP contribution is -2.35. The van der Waals surface area contributed by atoms with E-state index in [1.165, 1.54) is 0 Å². The van der Waals surface area contributed by atoms with Gasteiger partial charge in [-0.15, -0.1) is 0 Å². The highest BCUT2D eigenvalue weighted by Gasteiger charge is 2.14. The first-order valence-corrected chi connectivity index (χ1v) is 5.92. The molecule has 1 aromatic rings. The van der Waals surface area contributed by atoms with Gasteiger partial charge in [0, 0.05) is 11.6 Å². The Morgan fingerprint density at radius 1 is 1.41 bits per heavy atom. The molecule has 0 heterocycles. The molecule has 3 nitrogen and oxygen atoms in total. The number of rotatable bonds is 2. The van der Waals surface area contributed by atoms with E-state index in [1.54, 1.807) is 25.1 Å². The van der Waals surface area contributed by atoms with Gasteiger partial charge >= 0.3 is 0 Å². The molecule has 0 bridgehead atoms. The number of hydrogen-bond donors (Lipinski definition) is 2. The molecule has 90 valence electrons. The van der Waals surface area contributed by atoms with Gasteiger partial charge < -0.3 is 10.4 Å². The molecular weight excluding hydrogens is 214 g/mol. The Labute approximate surface area is 101 Å². The molecule has 0 radical (unpaired) electrons. The molecular formula is C14H17NO2. The van der Waals surface area contributed by atoms with Gasteiger partial charge in [0.1, 0.15) is 5.75 Å². The quantitative estimate of drug-likeness (QED) is 0.768. The van der Waals surface area contributed by atoms with Crippen LogP contribution in [-0.4, -0.2) is 17.1 Å². The molecule has 0 fully saturated rings. The van der Waals surface area contributed by atoms with Crippen molar-refractivity contribution in [3.8, 4) is 5.75 Å². The molecule has 2 N–H and O–H groups in total. The fourth-order valence-corrected chi connectivity index (χ4v) is 1.99. The summed E-state index contributed by atoms with van der Waals surface area (Å²) >= 11 is 0. The lowest BCUT2D eigenvalue weighted by Gasteiger charge is -2.19. The Bertz CT molecular complexity index is 452. The maximum Gasteiger partial charge on any atom is 0.251 e. The molecule has 2 rings (SSSR count). The Morgan fingerprint density at radius 3 is 2.88 bits per heavy atom. The summed E-state index contributed by atoms with van der Waals surface area (Å²) in [5.41, 5.74) is 1.33. The second kappa shape index (κ2) is 5.04. The highest BCUT2D eigenvalue weighted by molar-refractivity contribution is 5.94. The van der Waals surface area contributed by atoms with Crippen LogP contribution >= 0.6 is 0 Å². The number of hydrogen-bond acceptors (Lipinski definition) is 2. The molecule has 0 saturated heterocycles. The number of nitrogens with one attached hydrogen (secondary N) is 1. The third kappa shape index (κ3) is 2.87. The lowest BCUT2D eigenvalue weighted by atomic mass is 10.0. The van der Waals surface area contributed by atoms with Crippen molar-refractivity contribution in [3.05, 3.63) is 41.5 Å². The van der Waals surface area contributed by atoms with E-state index in [0.29, 0.717) is 5.56 Å². The maximum atomic E-state index is 12.0. The van der Waals surface area contributed by atoms with Crippen LogP contribution in [0.4, 0.5) is 0 Å². The van der Waals surface area contributed by atoms with Gasteiger partial charge in [0.25, 0.3) is 5.91 Å². The molecule has 1 aromatic carbocycles. The van der Waals surface area contributed by atoms with Crippen molar-refractivity contribution in [3.63, 3.8) is 0 Å². The van der Waals surface area contributed by atoms with E-state index >= 15 is 0 Å². The predicted octanol–water partition coefficient (Wildman–Crippen LogP) is 2.54. The van der Waals surface area contributed by atoms with Gasteiger partial charge in [0.05, 0.1) is 0 Å². The van der Waals surface area contributed by atoms with Crippen molar-refractivity contribution in [1.29, 1.82) is 0 Å². The van der Waals surface area contributed by atoms with Crippen molar-refractivity contribution in [1.82, 2.24) is 5.32 Å². The van der Waals surface area contributed by atoms with Gasteiger partial charge in [-0.3, -0.25) is 4.79 Å². The molecule has 0 aliphatic heterocycles. The first kappa shape index (κ1) is 11.7. The average Bonchev–Trinajstić information content (AvgIpc) is 2.34. The summed E-state index contributed by atoms with van der Waals surface area (Å²) in [4.78, 5) is 12.0. The van der Waals surface area contributed by atoms with Crippen LogP contribution in [0, 0.1) is 6.92 Å². The zero-order valence-corrected chi connectivity index (χ0v) is 9.94. The van der Waals surface area contributed by atoms with Crippen molar-refractivity contribution in [2.24, 2.45) is 0 Å². The molecule has 1 aliphatic carbocycles. The highest BCUT2D eigenvalue weighted by atomic mass is 16.3. The van der Waals surface area contributed by atoms with Crippen LogP contribution in [0.15, 0.2) is 30.4 Å². The van der Waals surface area contributed by atoms with Crippen LogP contribution in [0.5, 0.6) is 5.75 Å². The van der Waals surface area contributed by atoms with Crippen LogP contribution in [-0.2, 0) is 0 Å². The van der Waals surface area contributed by atoms with Gasteiger partial charge in [0.2, 0.25) is 0 Å². The van der Waals surface area contributed by atoms with Gasteiger partial charge in [-0.05, 0) is 49.9 Å². The van der Waals surface area contributed by atoms with Crippen molar-refractivity contribution in [2.45, 2.75) is 32.2 Å². The number of aryl methyl sites for hydroxylation is 1. The zero-order valence-electron chi connectivity index (χ0n) is 9.94. The summed E-state index contributed by atoms with van der Waals surface area (Å²) in [6.07, 6.45) is 7.19. The zero-order chi connectivity index (χ0) is 12.3. The molecule has 0 spiro atoms. The largest absolute Gasteiger partial charge is 0.508 e. The number of allylic oxidation sites excluding steroid dienone is 1. The maximum absolute atomic E-state index is 12.0. The topological polar surface area (TPSA) is 49.3 Å². The Balaban J connectivity index is 2.03.